The van der Waals surface area contributed by atoms with Crippen molar-refractivity contribution in [3.05, 3.63) is 55.4 Å². The van der Waals surface area contributed by atoms with Crippen molar-refractivity contribution in [3.63, 3.8) is 0 Å². The van der Waals surface area contributed by atoms with Gasteiger partial charge in [0.25, 0.3) is 0 Å². The van der Waals surface area contributed by atoms with E-state index in [4.69, 9.17) is 17.4 Å². The number of hydrazine groups is 1. The van der Waals surface area contributed by atoms with E-state index in [1.165, 1.54) is 17.0 Å². The van der Waals surface area contributed by atoms with E-state index in [1.807, 2.05) is 11.4 Å². The number of benzene rings is 1. The zero-order chi connectivity index (χ0) is 13.1. The van der Waals surface area contributed by atoms with E-state index in [1.54, 1.807) is 17.4 Å². The predicted molar refractivity (Wildman–Crippen MR) is 77.2 cm³/mol. The van der Waals surface area contributed by atoms with Crippen LogP contribution in [-0.4, -0.2) is 0 Å². The number of nitrogens with one attached hydrogen (secondary N) is 1. The molecule has 3 N–H and O–H groups in total. The van der Waals surface area contributed by atoms with Gasteiger partial charge in [-0.05, 0) is 39.7 Å². The summed E-state index contributed by atoms with van der Waals surface area (Å²) in [4.78, 5) is 1.17. The van der Waals surface area contributed by atoms with Crippen molar-refractivity contribution in [1.82, 2.24) is 5.43 Å². The molecule has 0 bridgehead atoms. The van der Waals surface area contributed by atoms with E-state index in [2.05, 4.69) is 21.4 Å². The van der Waals surface area contributed by atoms with Gasteiger partial charge < -0.3 is 0 Å². The van der Waals surface area contributed by atoms with Crippen LogP contribution < -0.4 is 11.3 Å². The minimum Gasteiger partial charge on any atom is -0.271 e. The summed E-state index contributed by atoms with van der Waals surface area (Å²) in [6.07, 6.45) is 0.706. The van der Waals surface area contributed by atoms with Crippen molar-refractivity contribution < 1.29 is 4.39 Å². The van der Waals surface area contributed by atoms with E-state index >= 15 is 0 Å². The molecule has 2 aromatic rings. The van der Waals surface area contributed by atoms with Crippen LogP contribution in [0.4, 0.5) is 4.39 Å². The Hall–Kier alpha value is -0.460. The van der Waals surface area contributed by atoms with Gasteiger partial charge in [0.2, 0.25) is 0 Å². The quantitative estimate of drug-likeness (QED) is 0.645. The molecule has 18 heavy (non-hydrogen) atoms. The van der Waals surface area contributed by atoms with Crippen LogP contribution in [0.3, 0.4) is 0 Å². The lowest BCUT2D eigenvalue weighted by Gasteiger charge is -2.16. The van der Waals surface area contributed by atoms with E-state index < -0.39 is 0 Å². The minimum absolute atomic E-state index is 0.136. The molecule has 0 aliphatic heterocycles. The number of nitrogens with two attached hydrogens (primary N) is 1. The van der Waals surface area contributed by atoms with Crippen molar-refractivity contribution in [2.24, 2.45) is 5.84 Å². The highest BCUT2D eigenvalue weighted by molar-refractivity contribution is 9.10. The van der Waals surface area contributed by atoms with Crippen molar-refractivity contribution in [2.75, 3.05) is 0 Å². The third kappa shape index (κ3) is 3.30. The van der Waals surface area contributed by atoms with Crippen LogP contribution in [0.15, 0.2) is 34.1 Å². The Morgan fingerprint density at radius 2 is 2.22 bits per heavy atom. The lowest BCUT2D eigenvalue weighted by atomic mass is 10.0. The molecular weight excluding hydrogens is 339 g/mol. The van der Waals surface area contributed by atoms with Gasteiger partial charge in [0, 0.05) is 26.2 Å². The molecule has 2 rings (SSSR count). The van der Waals surface area contributed by atoms with E-state index in [-0.39, 0.29) is 11.9 Å². The first-order valence-corrected chi connectivity index (χ1v) is 7.29. The van der Waals surface area contributed by atoms with Crippen molar-refractivity contribution >= 4 is 38.9 Å². The number of thiophene rings is 1. The van der Waals surface area contributed by atoms with E-state index in [9.17, 15) is 4.39 Å². The summed E-state index contributed by atoms with van der Waals surface area (Å²) < 4.78 is 14.0. The summed E-state index contributed by atoms with van der Waals surface area (Å²) in [7, 11) is 0. The third-order valence-corrected chi connectivity index (χ3v) is 4.61. The fourth-order valence-corrected chi connectivity index (χ4v) is 3.50. The van der Waals surface area contributed by atoms with Crippen LogP contribution >= 0.6 is 38.9 Å². The Morgan fingerprint density at radius 3 is 2.78 bits per heavy atom. The molecule has 1 unspecified atom stereocenters. The lowest BCUT2D eigenvalue weighted by Crippen LogP contribution is -2.29. The maximum atomic E-state index is 13.0. The third-order valence-electron chi connectivity index (χ3n) is 2.57. The van der Waals surface area contributed by atoms with Gasteiger partial charge >= 0.3 is 0 Å². The largest absolute Gasteiger partial charge is 0.271 e. The molecule has 0 spiro atoms. The highest BCUT2D eigenvalue weighted by atomic mass is 79.9. The zero-order valence-corrected chi connectivity index (χ0v) is 12.4. The first-order chi connectivity index (χ1) is 8.60. The average Bonchev–Trinajstić information content (AvgIpc) is 2.72. The Morgan fingerprint density at radius 1 is 1.44 bits per heavy atom. The van der Waals surface area contributed by atoms with Gasteiger partial charge in [-0.25, -0.2) is 4.39 Å². The molecule has 6 heteroatoms. The fraction of sp³-hybridized carbons (Fsp3) is 0.167. The van der Waals surface area contributed by atoms with Gasteiger partial charge in [0.15, 0.2) is 0 Å². The monoisotopic (exact) mass is 348 g/mol. The molecule has 0 fully saturated rings. The number of hydrogen-bond acceptors (Lipinski definition) is 3. The summed E-state index contributed by atoms with van der Waals surface area (Å²) in [5, 5.41) is 2.39. The smallest absolute Gasteiger partial charge is 0.124 e. The molecule has 0 saturated carbocycles. The van der Waals surface area contributed by atoms with Crippen molar-refractivity contribution in [2.45, 2.75) is 12.5 Å². The average molecular weight is 350 g/mol. The number of hydrogen-bond donors (Lipinski definition) is 2. The fourth-order valence-electron chi connectivity index (χ4n) is 1.70. The Bertz CT molecular complexity index is 547. The molecule has 0 amide bonds. The molecule has 0 aliphatic rings. The van der Waals surface area contributed by atoms with Crippen molar-refractivity contribution in [1.29, 1.82) is 0 Å². The molecule has 1 heterocycles. The summed E-state index contributed by atoms with van der Waals surface area (Å²) in [6, 6.07) is 6.24. The van der Waals surface area contributed by atoms with Crippen LogP contribution in [0, 0.1) is 5.82 Å². The van der Waals surface area contributed by atoms with Gasteiger partial charge in [-0.3, -0.25) is 11.3 Å². The molecule has 0 radical (unpaired) electrons. The summed E-state index contributed by atoms with van der Waals surface area (Å²) in [5.74, 6) is 5.21. The first-order valence-electron chi connectivity index (χ1n) is 5.24. The zero-order valence-electron chi connectivity index (χ0n) is 9.29. The van der Waals surface area contributed by atoms with E-state index in [0.29, 0.717) is 11.4 Å². The maximum absolute atomic E-state index is 13.0. The van der Waals surface area contributed by atoms with Gasteiger partial charge in [0.05, 0.1) is 6.04 Å². The molecule has 2 nitrogen and oxygen atoms in total. The van der Waals surface area contributed by atoms with Crippen molar-refractivity contribution in [3.8, 4) is 0 Å². The molecule has 1 aromatic heterocycles. The first kappa shape index (κ1) is 14.0. The van der Waals surface area contributed by atoms with Crippen LogP contribution in [0.1, 0.15) is 16.5 Å². The van der Waals surface area contributed by atoms with Crippen LogP contribution in [0.2, 0.25) is 5.02 Å². The maximum Gasteiger partial charge on any atom is 0.124 e. The highest BCUT2D eigenvalue weighted by Gasteiger charge is 2.15. The Balaban J connectivity index is 2.22. The van der Waals surface area contributed by atoms with Crippen LogP contribution in [0.25, 0.3) is 0 Å². The Kier molecular flexibility index (Phi) is 4.75. The Labute approximate surface area is 122 Å². The normalized spacial score (nSPS) is 12.7. The summed E-state index contributed by atoms with van der Waals surface area (Å²) in [6.45, 7) is 0. The van der Waals surface area contributed by atoms with E-state index in [0.717, 1.165) is 10.0 Å². The molecule has 1 atom stereocenters. The van der Waals surface area contributed by atoms with Gasteiger partial charge in [-0.2, -0.15) is 0 Å². The number of rotatable bonds is 4. The van der Waals surface area contributed by atoms with Gasteiger partial charge in [-0.1, -0.05) is 17.7 Å². The molecule has 1 aromatic carbocycles. The molecule has 0 saturated heterocycles. The highest BCUT2D eigenvalue weighted by Crippen LogP contribution is 2.29. The SMILES string of the molecule is NNC(Cc1cc(Br)cs1)c1ccc(F)cc1Cl. The topological polar surface area (TPSA) is 38.0 Å². The van der Waals surface area contributed by atoms with Crippen LogP contribution in [0.5, 0.6) is 0 Å². The van der Waals surface area contributed by atoms with Crippen LogP contribution in [-0.2, 0) is 6.42 Å². The summed E-state index contributed by atoms with van der Waals surface area (Å²) in [5.41, 5.74) is 3.52. The second-order valence-electron chi connectivity index (χ2n) is 3.82. The standard InChI is InChI=1S/C12H11BrClFN2S/c13-7-3-9(18-6-7)5-12(17-16)10-2-1-8(15)4-11(10)14/h1-4,6,12,17H,5,16H2. The molecular formula is C12H11BrClFN2S. The molecule has 0 aliphatic carbocycles. The predicted octanol–water partition coefficient (Wildman–Crippen LogP) is 4.05. The lowest BCUT2D eigenvalue weighted by molar-refractivity contribution is 0.553. The second kappa shape index (κ2) is 6.12. The second-order valence-corrected chi connectivity index (χ2v) is 6.14. The van der Waals surface area contributed by atoms with Gasteiger partial charge in [-0.15, -0.1) is 11.3 Å². The van der Waals surface area contributed by atoms with Gasteiger partial charge in [0.1, 0.15) is 5.82 Å². The summed E-state index contributed by atoms with van der Waals surface area (Å²) >= 11 is 11.1. The minimum atomic E-state index is -0.349. The number of halogens is 3. The molecule has 96 valence electrons.